The Morgan fingerprint density at radius 2 is 1.83 bits per heavy atom. The van der Waals surface area contributed by atoms with Gasteiger partial charge < -0.3 is 9.64 Å². The summed E-state index contributed by atoms with van der Waals surface area (Å²) >= 11 is 23.3. The molecule has 18 heavy (non-hydrogen) atoms. The van der Waals surface area contributed by atoms with Crippen molar-refractivity contribution in [2.45, 2.75) is 6.92 Å². The van der Waals surface area contributed by atoms with E-state index < -0.39 is 0 Å². The summed E-state index contributed by atoms with van der Waals surface area (Å²) in [5, 5.41) is 1.09. The average Bonchev–Trinajstić information content (AvgIpc) is 2.27. The maximum atomic E-state index is 6.18. The molecule has 6 heteroatoms. The van der Waals surface area contributed by atoms with Crippen LogP contribution in [-0.2, 0) is 0 Å². The minimum atomic E-state index is 0.162. The second kappa shape index (κ2) is 7.34. The molecule has 0 saturated heterocycles. The Morgan fingerprint density at radius 1 is 1.28 bits per heavy atom. The van der Waals surface area contributed by atoms with Crippen LogP contribution >= 0.6 is 46.4 Å². The van der Waals surface area contributed by atoms with Gasteiger partial charge >= 0.3 is 0 Å². The summed E-state index contributed by atoms with van der Waals surface area (Å²) in [5.74, 6) is 0.573. The van der Waals surface area contributed by atoms with Gasteiger partial charge in [0.1, 0.15) is 16.8 Å². The molecule has 0 aliphatic carbocycles. The van der Waals surface area contributed by atoms with Crippen molar-refractivity contribution in [3.05, 3.63) is 32.7 Å². The Balaban J connectivity index is 2.89. The predicted molar refractivity (Wildman–Crippen MR) is 80.7 cm³/mol. The van der Waals surface area contributed by atoms with Crippen LogP contribution in [0.3, 0.4) is 0 Å². The zero-order valence-corrected chi connectivity index (χ0v) is 13.0. The van der Waals surface area contributed by atoms with Crippen LogP contribution in [0.25, 0.3) is 0 Å². The van der Waals surface area contributed by atoms with Gasteiger partial charge in [-0.1, -0.05) is 46.4 Å². The van der Waals surface area contributed by atoms with Gasteiger partial charge in [0.15, 0.2) is 0 Å². The van der Waals surface area contributed by atoms with Gasteiger partial charge in [-0.15, -0.1) is 0 Å². The van der Waals surface area contributed by atoms with Crippen molar-refractivity contribution in [3.8, 4) is 5.75 Å². The number of rotatable bonds is 5. The van der Waals surface area contributed by atoms with E-state index >= 15 is 0 Å². The summed E-state index contributed by atoms with van der Waals surface area (Å²) in [6.45, 7) is 3.09. The Labute approximate surface area is 127 Å². The minimum absolute atomic E-state index is 0.162. The number of nitrogens with zero attached hydrogens (tertiary/aromatic N) is 1. The van der Waals surface area contributed by atoms with E-state index in [0.29, 0.717) is 15.8 Å². The topological polar surface area (TPSA) is 12.5 Å². The Hall–Kier alpha value is -0.280. The second-order valence-electron chi connectivity index (χ2n) is 3.55. The zero-order chi connectivity index (χ0) is 13.7. The first-order chi connectivity index (χ1) is 8.45. The molecule has 0 unspecified atom stereocenters. The normalized spacial score (nSPS) is 10.1. The van der Waals surface area contributed by atoms with Crippen molar-refractivity contribution in [1.29, 1.82) is 0 Å². The van der Waals surface area contributed by atoms with Crippen molar-refractivity contribution in [2.75, 3.05) is 25.1 Å². The van der Waals surface area contributed by atoms with E-state index in [1.807, 2.05) is 18.9 Å². The molecule has 0 saturated carbocycles. The molecule has 0 heterocycles. The first-order valence-electron chi connectivity index (χ1n) is 5.29. The standard InChI is InChI=1S/C12H13Cl4NO/c1-3-17(2)12-9(13)6-8(7-10(12)14)18-5-4-11(15)16/h4,6-7H,3,5H2,1-2H3. The van der Waals surface area contributed by atoms with Crippen molar-refractivity contribution in [2.24, 2.45) is 0 Å². The lowest BCUT2D eigenvalue weighted by Gasteiger charge is -2.20. The number of halogens is 4. The summed E-state index contributed by atoms with van der Waals surface area (Å²) < 4.78 is 5.58. The maximum absolute atomic E-state index is 6.18. The zero-order valence-electron chi connectivity index (χ0n) is 10.0. The fraction of sp³-hybridized carbons (Fsp3) is 0.333. The van der Waals surface area contributed by atoms with E-state index in [9.17, 15) is 0 Å². The van der Waals surface area contributed by atoms with Crippen LogP contribution in [-0.4, -0.2) is 20.2 Å². The van der Waals surface area contributed by atoms with Gasteiger partial charge in [-0.3, -0.25) is 0 Å². The van der Waals surface area contributed by atoms with Crippen molar-refractivity contribution < 1.29 is 4.74 Å². The second-order valence-corrected chi connectivity index (χ2v) is 5.38. The third-order valence-corrected chi connectivity index (χ3v) is 3.22. The molecule has 0 amide bonds. The molecule has 0 aliphatic rings. The lowest BCUT2D eigenvalue weighted by molar-refractivity contribution is 0.363. The summed E-state index contributed by atoms with van der Waals surface area (Å²) in [6, 6.07) is 3.43. The summed E-state index contributed by atoms with van der Waals surface area (Å²) in [6.07, 6.45) is 1.54. The third-order valence-electron chi connectivity index (χ3n) is 2.33. The Bertz CT molecular complexity index is 421. The minimum Gasteiger partial charge on any atom is -0.489 e. The molecule has 0 bridgehead atoms. The molecule has 0 aromatic heterocycles. The molecule has 100 valence electrons. The molecular weight excluding hydrogens is 316 g/mol. The number of benzene rings is 1. The van der Waals surface area contributed by atoms with E-state index in [0.717, 1.165) is 12.2 Å². The van der Waals surface area contributed by atoms with Gasteiger partial charge in [0, 0.05) is 25.7 Å². The smallest absolute Gasteiger partial charge is 0.122 e. The molecule has 1 aromatic carbocycles. The van der Waals surface area contributed by atoms with Crippen molar-refractivity contribution in [1.82, 2.24) is 0 Å². The van der Waals surface area contributed by atoms with Gasteiger partial charge in [0.05, 0.1) is 15.7 Å². The monoisotopic (exact) mass is 327 g/mol. The van der Waals surface area contributed by atoms with Crippen LogP contribution in [0.4, 0.5) is 5.69 Å². The van der Waals surface area contributed by atoms with Crippen LogP contribution in [0.1, 0.15) is 6.92 Å². The molecule has 0 atom stereocenters. The van der Waals surface area contributed by atoms with Crippen LogP contribution in [0, 0.1) is 0 Å². The van der Waals surface area contributed by atoms with Gasteiger partial charge in [-0.2, -0.15) is 0 Å². The lowest BCUT2D eigenvalue weighted by atomic mass is 10.2. The van der Waals surface area contributed by atoms with Crippen LogP contribution in [0.5, 0.6) is 5.75 Å². The predicted octanol–water partition coefficient (Wildman–Crippen LogP) is 5.15. The van der Waals surface area contributed by atoms with Crippen LogP contribution in [0.2, 0.25) is 10.0 Å². The van der Waals surface area contributed by atoms with E-state index in [1.54, 1.807) is 12.1 Å². The van der Waals surface area contributed by atoms with Crippen molar-refractivity contribution >= 4 is 52.1 Å². The first kappa shape index (κ1) is 15.8. The van der Waals surface area contributed by atoms with E-state index in [1.165, 1.54) is 6.08 Å². The van der Waals surface area contributed by atoms with E-state index in [2.05, 4.69) is 0 Å². The molecule has 0 spiro atoms. The van der Waals surface area contributed by atoms with Crippen LogP contribution < -0.4 is 9.64 Å². The Morgan fingerprint density at radius 3 is 2.28 bits per heavy atom. The number of anilines is 1. The van der Waals surface area contributed by atoms with Gasteiger partial charge in [0.2, 0.25) is 0 Å². The largest absolute Gasteiger partial charge is 0.489 e. The van der Waals surface area contributed by atoms with Crippen molar-refractivity contribution in [3.63, 3.8) is 0 Å². The molecule has 1 aromatic rings. The summed E-state index contributed by atoms with van der Waals surface area (Å²) in [7, 11) is 1.92. The first-order valence-corrected chi connectivity index (χ1v) is 6.81. The highest BCUT2D eigenvalue weighted by Crippen LogP contribution is 2.36. The number of ether oxygens (including phenoxy) is 1. The summed E-state index contributed by atoms with van der Waals surface area (Å²) in [4.78, 5) is 1.96. The average molecular weight is 329 g/mol. The fourth-order valence-corrected chi connectivity index (χ4v) is 2.23. The molecule has 2 nitrogen and oxygen atoms in total. The van der Waals surface area contributed by atoms with Gasteiger partial charge in [0.25, 0.3) is 0 Å². The third kappa shape index (κ3) is 4.43. The number of hydrogen-bond acceptors (Lipinski definition) is 2. The van der Waals surface area contributed by atoms with Gasteiger partial charge in [-0.05, 0) is 13.0 Å². The molecule has 0 aliphatic heterocycles. The summed E-state index contributed by atoms with van der Waals surface area (Å²) in [5.41, 5.74) is 0.791. The lowest BCUT2D eigenvalue weighted by Crippen LogP contribution is -2.16. The Kier molecular flexibility index (Phi) is 6.44. The van der Waals surface area contributed by atoms with E-state index in [-0.39, 0.29) is 11.1 Å². The van der Waals surface area contributed by atoms with Crippen LogP contribution in [0.15, 0.2) is 22.7 Å². The molecule has 0 radical (unpaired) electrons. The highest BCUT2D eigenvalue weighted by Gasteiger charge is 2.12. The molecular formula is C12H13Cl4NO. The van der Waals surface area contributed by atoms with E-state index in [4.69, 9.17) is 51.1 Å². The molecule has 0 fully saturated rings. The van der Waals surface area contributed by atoms with Gasteiger partial charge in [-0.25, -0.2) is 0 Å². The highest BCUT2D eigenvalue weighted by molar-refractivity contribution is 6.55. The SMILES string of the molecule is CCN(C)c1c(Cl)cc(OCC=C(Cl)Cl)cc1Cl. The fourth-order valence-electron chi connectivity index (χ4n) is 1.35. The maximum Gasteiger partial charge on any atom is 0.122 e. The highest BCUT2D eigenvalue weighted by atomic mass is 35.5. The quantitative estimate of drug-likeness (QED) is 0.741. The molecule has 1 rings (SSSR count). The molecule has 0 N–H and O–H groups in total. The number of hydrogen-bond donors (Lipinski definition) is 0.